The molecule has 2 aromatic carbocycles. The minimum absolute atomic E-state index is 0.125. The smallest absolute Gasteiger partial charge is 0.255 e. The van der Waals surface area contributed by atoms with Crippen LogP contribution in [-0.4, -0.2) is 5.91 Å². The molecule has 1 amide bonds. The molecule has 0 fully saturated rings. The highest BCUT2D eigenvalue weighted by Gasteiger charge is 2.12. The Morgan fingerprint density at radius 3 is 2.74 bits per heavy atom. The van der Waals surface area contributed by atoms with Crippen LogP contribution < -0.4 is 5.32 Å². The summed E-state index contributed by atoms with van der Waals surface area (Å²) in [4.78, 5) is 12.1. The monoisotopic (exact) mass is 271 g/mol. The molecule has 1 N–H and O–H groups in total. The molecule has 1 aliphatic carbocycles. The van der Waals surface area contributed by atoms with E-state index in [1.165, 1.54) is 17.5 Å². The first-order valence-corrected chi connectivity index (χ1v) is 6.79. The predicted molar refractivity (Wildman–Crippen MR) is 77.9 cm³/mol. The van der Waals surface area contributed by atoms with Crippen molar-refractivity contribution in [3.05, 3.63) is 64.2 Å². The van der Waals surface area contributed by atoms with Crippen LogP contribution in [0.3, 0.4) is 0 Å². The van der Waals surface area contributed by atoms with Crippen molar-refractivity contribution in [2.24, 2.45) is 0 Å². The molecule has 0 radical (unpaired) electrons. The van der Waals surface area contributed by atoms with Crippen LogP contribution in [0.2, 0.25) is 5.02 Å². The van der Waals surface area contributed by atoms with Gasteiger partial charge in [-0.25, -0.2) is 0 Å². The number of carbonyl (C=O) groups is 1. The molecule has 2 aromatic rings. The number of aryl methyl sites for hydroxylation is 2. The van der Waals surface area contributed by atoms with Crippen molar-refractivity contribution in [2.75, 3.05) is 5.32 Å². The zero-order chi connectivity index (χ0) is 13.2. The van der Waals surface area contributed by atoms with Gasteiger partial charge in [0.1, 0.15) is 0 Å². The molecule has 3 heteroatoms. The van der Waals surface area contributed by atoms with Crippen LogP contribution in [0.1, 0.15) is 27.9 Å². The first-order chi connectivity index (χ1) is 9.22. The van der Waals surface area contributed by atoms with E-state index in [-0.39, 0.29) is 5.91 Å². The predicted octanol–water partition coefficient (Wildman–Crippen LogP) is 4.08. The molecular formula is C16H14ClNO. The topological polar surface area (TPSA) is 29.1 Å². The van der Waals surface area contributed by atoms with E-state index in [0.717, 1.165) is 18.5 Å². The molecule has 3 rings (SSSR count). The molecule has 0 spiro atoms. The van der Waals surface area contributed by atoms with Crippen molar-refractivity contribution in [3.63, 3.8) is 0 Å². The number of hydrogen-bond acceptors (Lipinski definition) is 1. The van der Waals surface area contributed by atoms with Crippen LogP contribution in [0.4, 0.5) is 5.69 Å². The lowest BCUT2D eigenvalue weighted by molar-refractivity contribution is 0.102. The van der Waals surface area contributed by atoms with Gasteiger partial charge < -0.3 is 5.32 Å². The van der Waals surface area contributed by atoms with Gasteiger partial charge in [-0.05, 0) is 60.7 Å². The van der Waals surface area contributed by atoms with E-state index in [2.05, 4.69) is 17.4 Å². The second-order valence-electron chi connectivity index (χ2n) is 4.80. The van der Waals surface area contributed by atoms with Gasteiger partial charge in [0.25, 0.3) is 5.91 Å². The van der Waals surface area contributed by atoms with Crippen LogP contribution in [0, 0.1) is 0 Å². The second-order valence-corrected chi connectivity index (χ2v) is 5.24. The summed E-state index contributed by atoms with van der Waals surface area (Å²) < 4.78 is 0. The molecule has 0 heterocycles. The Kier molecular flexibility index (Phi) is 3.26. The summed E-state index contributed by atoms with van der Waals surface area (Å²) in [5.41, 5.74) is 4.18. The zero-order valence-electron chi connectivity index (χ0n) is 10.4. The quantitative estimate of drug-likeness (QED) is 0.876. The van der Waals surface area contributed by atoms with Gasteiger partial charge in [0.2, 0.25) is 0 Å². The number of benzene rings is 2. The van der Waals surface area contributed by atoms with E-state index in [1.807, 2.05) is 6.07 Å². The van der Waals surface area contributed by atoms with Crippen LogP contribution in [-0.2, 0) is 12.8 Å². The normalized spacial score (nSPS) is 13.1. The summed E-state index contributed by atoms with van der Waals surface area (Å²) >= 11 is 5.89. The number of hydrogen-bond donors (Lipinski definition) is 1. The maximum atomic E-state index is 12.1. The Morgan fingerprint density at radius 2 is 1.89 bits per heavy atom. The summed E-state index contributed by atoms with van der Waals surface area (Å²) in [5, 5.41) is 3.49. The lowest BCUT2D eigenvalue weighted by atomic mass is 10.1. The lowest BCUT2D eigenvalue weighted by Gasteiger charge is -2.07. The molecule has 96 valence electrons. The summed E-state index contributed by atoms with van der Waals surface area (Å²) in [5.74, 6) is -0.125. The average Bonchev–Trinajstić information content (AvgIpc) is 2.86. The largest absolute Gasteiger partial charge is 0.322 e. The molecule has 0 unspecified atom stereocenters. The maximum Gasteiger partial charge on any atom is 0.255 e. The maximum absolute atomic E-state index is 12.1. The molecule has 0 atom stereocenters. The zero-order valence-corrected chi connectivity index (χ0v) is 11.2. The standard InChI is InChI=1S/C16H14ClNO/c17-14-6-2-5-13(9-14)16(19)18-15-8-7-11-3-1-4-12(11)10-15/h2,5-10H,1,3-4H2,(H,18,19). The fraction of sp³-hybridized carbons (Fsp3) is 0.188. The van der Waals surface area contributed by atoms with Crippen LogP contribution in [0.5, 0.6) is 0 Å². The lowest BCUT2D eigenvalue weighted by Crippen LogP contribution is -2.11. The third kappa shape index (κ3) is 2.64. The molecule has 1 aliphatic rings. The van der Waals surface area contributed by atoms with Crippen LogP contribution in [0.25, 0.3) is 0 Å². The third-order valence-electron chi connectivity index (χ3n) is 3.44. The van der Waals surface area contributed by atoms with E-state index >= 15 is 0 Å². The number of halogens is 1. The van der Waals surface area contributed by atoms with Crippen molar-refractivity contribution >= 4 is 23.2 Å². The Labute approximate surface area is 117 Å². The minimum Gasteiger partial charge on any atom is -0.322 e. The summed E-state index contributed by atoms with van der Waals surface area (Å²) in [6, 6.07) is 13.1. The molecule has 0 aromatic heterocycles. The highest BCUT2D eigenvalue weighted by molar-refractivity contribution is 6.31. The number of anilines is 1. The number of nitrogens with one attached hydrogen (secondary N) is 1. The highest BCUT2D eigenvalue weighted by Crippen LogP contribution is 2.25. The first kappa shape index (κ1) is 12.2. The first-order valence-electron chi connectivity index (χ1n) is 6.41. The molecule has 19 heavy (non-hydrogen) atoms. The van der Waals surface area contributed by atoms with Crippen molar-refractivity contribution < 1.29 is 4.79 Å². The molecule has 0 saturated heterocycles. The van der Waals surface area contributed by atoms with E-state index in [9.17, 15) is 4.79 Å². The molecule has 2 nitrogen and oxygen atoms in total. The van der Waals surface area contributed by atoms with Crippen molar-refractivity contribution in [2.45, 2.75) is 19.3 Å². The minimum atomic E-state index is -0.125. The Bertz CT molecular complexity index is 636. The van der Waals surface area contributed by atoms with Crippen molar-refractivity contribution in [3.8, 4) is 0 Å². The molecular weight excluding hydrogens is 258 g/mol. The summed E-state index contributed by atoms with van der Waals surface area (Å²) in [6.45, 7) is 0. The molecule has 0 saturated carbocycles. The summed E-state index contributed by atoms with van der Waals surface area (Å²) in [7, 11) is 0. The van der Waals surface area contributed by atoms with Crippen LogP contribution in [0.15, 0.2) is 42.5 Å². The second kappa shape index (κ2) is 5.06. The van der Waals surface area contributed by atoms with Gasteiger partial charge >= 0.3 is 0 Å². The van der Waals surface area contributed by atoms with Gasteiger partial charge in [-0.3, -0.25) is 4.79 Å². The Hall–Kier alpha value is -1.80. The van der Waals surface area contributed by atoms with E-state index in [4.69, 9.17) is 11.6 Å². The third-order valence-corrected chi connectivity index (χ3v) is 3.68. The van der Waals surface area contributed by atoms with Crippen molar-refractivity contribution in [1.82, 2.24) is 0 Å². The van der Waals surface area contributed by atoms with Gasteiger partial charge in [-0.1, -0.05) is 23.7 Å². The van der Waals surface area contributed by atoms with Gasteiger partial charge in [0.15, 0.2) is 0 Å². The fourth-order valence-corrected chi connectivity index (χ4v) is 2.67. The van der Waals surface area contributed by atoms with E-state index in [0.29, 0.717) is 10.6 Å². The van der Waals surface area contributed by atoms with Gasteiger partial charge in [-0.2, -0.15) is 0 Å². The highest BCUT2D eigenvalue weighted by atomic mass is 35.5. The van der Waals surface area contributed by atoms with Gasteiger partial charge in [0.05, 0.1) is 0 Å². The SMILES string of the molecule is O=C(Nc1ccc2c(c1)CCC2)c1cccc(Cl)c1. The van der Waals surface area contributed by atoms with Crippen molar-refractivity contribution in [1.29, 1.82) is 0 Å². The summed E-state index contributed by atoms with van der Waals surface area (Å²) in [6.07, 6.45) is 3.47. The number of rotatable bonds is 2. The van der Waals surface area contributed by atoms with Crippen LogP contribution >= 0.6 is 11.6 Å². The number of carbonyl (C=O) groups excluding carboxylic acids is 1. The van der Waals surface area contributed by atoms with Gasteiger partial charge in [0, 0.05) is 16.3 Å². The van der Waals surface area contributed by atoms with E-state index < -0.39 is 0 Å². The van der Waals surface area contributed by atoms with E-state index in [1.54, 1.807) is 24.3 Å². The Balaban J connectivity index is 1.80. The Morgan fingerprint density at radius 1 is 1.05 bits per heavy atom. The average molecular weight is 272 g/mol. The number of amides is 1. The number of fused-ring (bicyclic) bond motifs is 1. The fourth-order valence-electron chi connectivity index (χ4n) is 2.48. The molecule has 0 aliphatic heterocycles. The molecule has 0 bridgehead atoms. The van der Waals surface area contributed by atoms with Gasteiger partial charge in [-0.15, -0.1) is 0 Å².